The Morgan fingerprint density at radius 3 is 2.71 bits per heavy atom. The number of hydrogen-bond acceptors (Lipinski definition) is 4. The molecule has 1 aromatic rings. The molecule has 2 aliphatic heterocycles. The van der Waals surface area contributed by atoms with Crippen molar-refractivity contribution >= 4 is 0 Å². The molecule has 4 nitrogen and oxygen atoms in total. The molecule has 1 aromatic carbocycles. The molecule has 3 atom stereocenters. The van der Waals surface area contributed by atoms with Crippen molar-refractivity contribution < 1.29 is 14.6 Å². The summed E-state index contributed by atoms with van der Waals surface area (Å²) in [6, 6.07) is 9.34. The third-order valence-electron chi connectivity index (χ3n) is 4.95. The summed E-state index contributed by atoms with van der Waals surface area (Å²) in [6.45, 7) is 3.91. The van der Waals surface area contributed by atoms with Crippen LogP contribution in [0.1, 0.15) is 37.3 Å². The van der Waals surface area contributed by atoms with E-state index in [0.717, 1.165) is 31.4 Å². The van der Waals surface area contributed by atoms with Gasteiger partial charge in [0.25, 0.3) is 0 Å². The van der Waals surface area contributed by atoms with Gasteiger partial charge in [0.1, 0.15) is 0 Å². The van der Waals surface area contributed by atoms with Crippen LogP contribution in [0.4, 0.5) is 0 Å². The van der Waals surface area contributed by atoms with Crippen LogP contribution in [-0.4, -0.2) is 30.5 Å². The Hall–Kier alpha value is -1.41. The highest BCUT2D eigenvalue weighted by Crippen LogP contribution is 2.43. The Morgan fingerprint density at radius 1 is 1.33 bits per heavy atom. The Bertz CT molecular complexity index is 538. The van der Waals surface area contributed by atoms with E-state index in [1.165, 1.54) is 0 Å². The van der Waals surface area contributed by atoms with Crippen molar-refractivity contribution in [1.29, 1.82) is 5.26 Å². The van der Waals surface area contributed by atoms with Gasteiger partial charge in [-0.1, -0.05) is 12.1 Å². The first-order valence-corrected chi connectivity index (χ1v) is 7.50. The molecule has 3 unspecified atom stereocenters. The summed E-state index contributed by atoms with van der Waals surface area (Å²) in [5, 5.41) is 19.9. The molecule has 0 bridgehead atoms. The van der Waals surface area contributed by atoms with E-state index in [-0.39, 0.29) is 11.5 Å². The molecule has 0 aromatic heterocycles. The monoisotopic (exact) mass is 287 g/mol. The molecule has 2 aliphatic rings. The van der Waals surface area contributed by atoms with E-state index in [1.807, 2.05) is 19.1 Å². The summed E-state index contributed by atoms with van der Waals surface area (Å²) in [5.41, 5.74) is 0.358. The Morgan fingerprint density at radius 2 is 2.10 bits per heavy atom. The maximum Gasteiger partial charge on any atom is 0.0991 e. The van der Waals surface area contributed by atoms with Crippen molar-refractivity contribution in [2.75, 3.05) is 19.8 Å². The number of benzene rings is 1. The molecule has 0 amide bonds. The van der Waals surface area contributed by atoms with Crippen molar-refractivity contribution in [1.82, 2.24) is 0 Å². The highest BCUT2D eigenvalue weighted by molar-refractivity contribution is 5.34. The van der Waals surface area contributed by atoms with E-state index in [9.17, 15) is 5.11 Å². The maximum atomic E-state index is 11.0. The predicted octanol–water partition coefficient (Wildman–Crippen LogP) is 2.35. The lowest BCUT2D eigenvalue weighted by Gasteiger charge is -2.43. The van der Waals surface area contributed by atoms with Gasteiger partial charge in [-0.15, -0.1) is 0 Å². The minimum Gasteiger partial charge on any atom is -0.385 e. The average molecular weight is 287 g/mol. The largest absolute Gasteiger partial charge is 0.385 e. The molecule has 4 heteroatoms. The van der Waals surface area contributed by atoms with Gasteiger partial charge >= 0.3 is 0 Å². The molecule has 1 N–H and O–H groups in total. The van der Waals surface area contributed by atoms with Crippen molar-refractivity contribution in [2.45, 2.75) is 37.4 Å². The Labute approximate surface area is 125 Å². The molecule has 0 saturated carbocycles. The molecule has 21 heavy (non-hydrogen) atoms. The second-order valence-electron chi connectivity index (χ2n) is 6.36. The first-order valence-electron chi connectivity index (χ1n) is 7.50. The van der Waals surface area contributed by atoms with Crippen molar-refractivity contribution in [3.63, 3.8) is 0 Å². The lowest BCUT2D eigenvalue weighted by Crippen LogP contribution is -2.46. The van der Waals surface area contributed by atoms with E-state index in [0.29, 0.717) is 18.8 Å². The summed E-state index contributed by atoms with van der Waals surface area (Å²) < 4.78 is 11.4. The number of hydrogen-bond donors (Lipinski definition) is 1. The van der Waals surface area contributed by atoms with E-state index in [4.69, 9.17) is 14.7 Å². The van der Waals surface area contributed by atoms with Gasteiger partial charge in [-0.05, 0) is 43.4 Å². The standard InChI is InChI=1S/C17H21NO3/c1-16(19,14-4-2-13(11-18)3-5-14)15-6-8-21-17(10-15)7-9-20-12-17/h2-5,15,19H,6-10,12H2,1H3. The van der Waals surface area contributed by atoms with Crippen LogP contribution in [0.15, 0.2) is 24.3 Å². The molecule has 0 radical (unpaired) electrons. The smallest absolute Gasteiger partial charge is 0.0991 e. The quantitative estimate of drug-likeness (QED) is 0.907. The topological polar surface area (TPSA) is 62.5 Å². The minimum absolute atomic E-state index is 0.140. The molecule has 112 valence electrons. The van der Waals surface area contributed by atoms with Gasteiger partial charge in [-0.25, -0.2) is 0 Å². The van der Waals surface area contributed by atoms with Gasteiger partial charge in [0.2, 0.25) is 0 Å². The molecule has 3 rings (SSSR count). The van der Waals surface area contributed by atoms with E-state index < -0.39 is 5.60 Å². The fourth-order valence-electron chi connectivity index (χ4n) is 3.49. The SMILES string of the molecule is CC(O)(c1ccc(C#N)cc1)C1CCOC2(CCOC2)C1. The van der Waals surface area contributed by atoms with Crippen LogP contribution in [0.3, 0.4) is 0 Å². The van der Waals surface area contributed by atoms with Crippen molar-refractivity contribution in [3.8, 4) is 6.07 Å². The lowest BCUT2D eigenvalue weighted by molar-refractivity contribution is -0.140. The number of nitrogens with zero attached hydrogens (tertiary/aromatic N) is 1. The van der Waals surface area contributed by atoms with E-state index >= 15 is 0 Å². The lowest BCUT2D eigenvalue weighted by atomic mass is 9.73. The number of aliphatic hydroxyl groups is 1. The highest BCUT2D eigenvalue weighted by atomic mass is 16.6. The average Bonchev–Trinajstić information content (AvgIpc) is 2.95. The van der Waals surface area contributed by atoms with E-state index in [1.54, 1.807) is 12.1 Å². The summed E-state index contributed by atoms with van der Waals surface area (Å²) in [5.74, 6) is 0.140. The molecule has 2 saturated heterocycles. The Balaban J connectivity index is 1.81. The van der Waals surface area contributed by atoms with Crippen LogP contribution in [0.25, 0.3) is 0 Å². The second kappa shape index (κ2) is 5.42. The van der Waals surface area contributed by atoms with E-state index in [2.05, 4.69) is 6.07 Å². The number of ether oxygens (including phenoxy) is 2. The van der Waals surface area contributed by atoms with Crippen molar-refractivity contribution in [3.05, 3.63) is 35.4 Å². The maximum absolute atomic E-state index is 11.0. The number of rotatable bonds is 2. The molecule has 2 fully saturated rings. The molecular weight excluding hydrogens is 266 g/mol. The van der Waals surface area contributed by atoms with Crippen LogP contribution >= 0.6 is 0 Å². The molecule has 0 aliphatic carbocycles. The second-order valence-corrected chi connectivity index (χ2v) is 6.36. The minimum atomic E-state index is -0.909. The fraction of sp³-hybridized carbons (Fsp3) is 0.588. The highest BCUT2D eigenvalue weighted by Gasteiger charge is 2.46. The van der Waals surface area contributed by atoms with Gasteiger partial charge in [0.15, 0.2) is 0 Å². The molecule has 1 spiro atoms. The normalized spacial score (nSPS) is 31.8. The third-order valence-corrected chi connectivity index (χ3v) is 4.95. The predicted molar refractivity (Wildman–Crippen MR) is 77.6 cm³/mol. The third kappa shape index (κ3) is 2.69. The van der Waals surface area contributed by atoms with Gasteiger partial charge in [0, 0.05) is 19.6 Å². The summed E-state index contributed by atoms with van der Waals surface area (Å²) in [6.07, 6.45) is 2.57. The summed E-state index contributed by atoms with van der Waals surface area (Å²) in [4.78, 5) is 0. The fourth-order valence-corrected chi connectivity index (χ4v) is 3.49. The first kappa shape index (κ1) is 14.5. The van der Waals surface area contributed by atoms with Crippen LogP contribution in [0, 0.1) is 17.2 Å². The summed E-state index contributed by atoms with van der Waals surface area (Å²) >= 11 is 0. The van der Waals surface area contributed by atoms with Gasteiger partial charge < -0.3 is 14.6 Å². The van der Waals surface area contributed by atoms with Crippen LogP contribution in [0.2, 0.25) is 0 Å². The first-order chi connectivity index (χ1) is 10.1. The zero-order chi connectivity index (χ0) is 14.9. The van der Waals surface area contributed by atoms with Crippen LogP contribution in [0.5, 0.6) is 0 Å². The zero-order valence-corrected chi connectivity index (χ0v) is 12.3. The van der Waals surface area contributed by atoms with Gasteiger partial charge in [0.05, 0.1) is 29.4 Å². The number of nitriles is 1. The summed E-state index contributed by atoms with van der Waals surface area (Å²) in [7, 11) is 0. The van der Waals surface area contributed by atoms with Crippen LogP contribution < -0.4 is 0 Å². The zero-order valence-electron chi connectivity index (χ0n) is 12.3. The van der Waals surface area contributed by atoms with Gasteiger partial charge in [-0.2, -0.15) is 5.26 Å². The van der Waals surface area contributed by atoms with Crippen molar-refractivity contribution in [2.24, 2.45) is 5.92 Å². The van der Waals surface area contributed by atoms with Crippen LogP contribution in [-0.2, 0) is 15.1 Å². The van der Waals surface area contributed by atoms with Gasteiger partial charge in [-0.3, -0.25) is 0 Å². The molecular formula is C17H21NO3. The molecule has 2 heterocycles. The Kier molecular flexibility index (Phi) is 3.75.